The molecule has 0 aromatic carbocycles. The highest BCUT2D eigenvalue weighted by Crippen LogP contribution is 2.31. The molecule has 2 rings (SSSR count). The highest BCUT2D eigenvalue weighted by molar-refractivity contribution is 7.10. The Morgan fingerprint density at radius 1 is 1.44 bits per heavy atom. The molecule has 0 amide bonds. The van der Waals surface area contributed by atoms with Gasteiger partial charge in [0.15, 0.2) is 0 Å². The van der Waals surface area contributed by atoms with Gasteiger partial charge >= 0.3 is 0 Å². The first-order valence-electron chi connectivity index (χ1n) is 6.06. The fourth-order valence-electron chi connectivity index (χ4n) is 2.63. The quantitative estimate of drug-likeness (QED) is 0.874. The third kappa shape index (κ3) is 2.71. The van der Waals surface area contributed by atoms with Crippen LogP contribution in [0.5, 0.6) is 0 Å². The van der Waals surface area contributed by atoms with Crippen LogP contribution in [0.2, 0.25) is 0 Å². The van der Waals surface area contributed by atoms with E-state index >= 15 is 0 Å². The maximum atomic E-state index is 12.2. The summed E-state index contributed by atoms with van der Waals surface area (Å²) >= 11 is 1.67. The molecule has 0 radical (unpaired) electrons. The maximum Gasteiger partial charge on any atom is 0.141 e. The predicted octanol–water partition coefficient (Wildman–Crippen LogP) is 2.62. The summed E-state index contributed by atoms with van der Waals surface area (Å²) in [5.41, 5.74) is 5.76. The van der Waals surface area contributed by atoms with Crippen molar-refractivity contribution < 1.29 is 4.79 Å². The average molecular weight is 237 g/mol. The Morgan fingerprint density at radius 3 is 2.94 bits per heavy atom. The van der Waals surface area contributed by atoms with Gasteiger partial charge in [-0.3, -0.25) is 4.79 Å². The van der Waals surface area contributed by atoms with Gasteiger partial charge in [0, 0.05) is 17.2 Å². The average Bonchev–Trinajstić information content (AvgIpc) is 2.81. The van der Waals surface area contributed by atoms with Crippen molar-refractivity contribution in [2.75, 3.05) is 6.54 Å². The van der Waals surface area contributed by atoms with Gasteiger partial charge in [0.05, 0.1) is 0 Å². The summed E-state index contributed by atoms with van der Waals surface area (Å²) in [5.74, 6) is 1.06. The Morgan fingerprint density at radius 2 is 2.25 bits per heavy atom. The zero-order valence-electron chi connectivity index (χ0n) is 9.52. The lowest BCUT2D eigenvalue weighted by Crippen LogP contribution is -2.33. The van der Waals surface area contributed by atoms with Gasteiger partial charge in [0.2, 0.25) is 0 Å². The van der Waals surface area contributed by atoms with Crippen molar-refractivity contribution in [2.24, 2.45) is 17.6 Å². The number of rotatable bonds is 4. The smallest absolute Gasteiger partial charge is 0.141 e. The van der Waals surface area contributed by atoms with Crippen molar-refractivity contribution in [1.82, 2.24) is 0 Å². The Labute approximate surface area is 101 Å². The van der Waals surface area contributed by atoms with Crippen molar-refractivity contribution in [2.45, 2.75) is 32.1 Å². The molecule has 2 nitrogen and oxygen atoms in total. The summed E-state index contributed by atoms with van der Waals surface area (Å²) in [4.78, 5) is 13.4. The van der Waals surface area contributed by atoms with Gasteiger partial charge < -0.3 is 5.73 Å². The zero-order chi connectivity index (χ0) is 11.4. The summed E-state index contributed by atoms with van der Waals surface area (Å²) < 4.78 is 0. The Balaban J connectivity index is 1.97. The minimum absolute atomic E-state index is 0.223. The van der Waals surface area contributed by atoms with Gasteiger partial charge in [-0.2, -0.15) is 0 Å². The molecule has 0 saturated heterocycles. The number of nitrogens with two attached hydrogens (primary N) is 1. The first-order valence-corrected chi connectivity index (χ1v) is 6.94. The summed E-state index contributed by atoms with van der Waals surface area (Å²) in [6, 6.07) is 4.05. The number of ketones is 1. The molecule has 0 spiro atoms. The van der Waals surface area contributed by atoms with E-state index in [0.29, 0.717) is 24.7 Å². The van der Waals surface area contributed by atoms with E-state index in [-0.39, 0.29) is 5.92 Å². The van der Waals surface area contributed by atoms with E-state index in [1.165, 1.54) is 17.7 Å². The van der Waals surface area contributed by atoms with E-state index in [0.717, 1.165) is 12.8 Å². The van der Waals surface area contributed by atoms with Gasteiger partial charge in [-0.1, -0.05) is 18.9 Å². The third-order valence-corrected chi connectivity index (χ3v) is 4.43. The van der Waals surface area contributed by atoms with Crippen LogP contribution in [-0.2, 0) is 11.2 Å². The molecule has 88 valence electrons. The molecule has 1 fully saturated rings. The minimum atomic E-state index is 0.223. The molecular weight excluding hydrogens is 218 g/mol. The molecule has 1 saturated carbocycles. The molecule has 2 unspecified atom stereocenters. The lowest BCUT2D eigenvalue weighted by atomic mass is 9.76. The first-order chi connectivity index (χ1) is 7.81. The van der Waals surface area contributed by atoms with E-state index in [1.54, 1.807) is 11.3 Å². The van der Waals surface area contributed by atoms with Crippen LogP contribution in [0.15, 0.2) is 17.5 Å². The molecule has 1 aromatic heterocycles. The number of thiophene rings is 1. The zero-order valence-corrected chi connectivity index (χ0v) is 10.3. The third-order valence-electron chi connectivity index (χ3n) is 3.55. The van der Waals surface area contributed by atoms with E-state index in [4.69, 9.17) is 5.73 Å². The van der Waals surface area contributed by atoms with Crippen LogP contribution < -0.4 is 5.73 Å². The summed E-state index contributed by atoms with van der Waals surface area (Å²) in [6.07, 6.45) is 5.23. The van der Waals surface area contributed by atoms with Crippen LogP contribution in [0.4, 0.5) is 0 Å². The van der Waals surface area contributed by atoms with E-state index in [2.05, 4.69) is 0 Å². The van der Waals surface area contributed by atoms with Gasteiger partial charge in [-0.25, -0.2) is 0 Å². The van der Waals surface area contributed by atoms with Crippen molar-refractivity contribution in [3.05, 3.63) is 22.4 Å². The molecule has 16 heavy (non-hydrogen) atoms. The standard InChI is InChI=1S/C13H19NOS/c14-9-10-4-1-2-6-12(10)13(15)8-11-5-3-7-16-11/h3,5,7,10,12H,1-2,4,6,8-9,14H2. The second kappa shape index (κ2) is 5.60. The molecule has 0 bridgehead atoms. The van der Waals surface area contributed by atoms with Crippen LogP contribution in [-0.4, -0.2) is 12.3 Å². The van der Waals surface area contributed by atoms with Crippen LogP contribution in [0.25, 0.3) is 0 Å². The normalized spacial score (nSPS) is 25.6. The van der Waals surface area contributed by atoms with Crippen LogP contribution in [0.1, 0.15) is 30.6 Å². The summed E-state index contributed by atoms with van der Waals surface area (Å²) in [5, 5.41) is 2.03. The number of hydrogen-bond donors (Lipinski definition) is 1. The highest BCUT2D eigenvalue weighted by atomic mass is 32.1. The maximum absolute atomic E-state index is 12.2. The fourth-order valence-corrected chi connectivity index (χ4v) is 3.34. The first kappa shape index (κ1) is 11.8. The largest absolute Gasteiger partial charge is 0.330 e. The Bertz CT molecular complexity index is 334. The van der Waals surface area contributed by atoms with Crippen molar-refractivity contribution >= 4 is 17.1 Å². The van der Waals surface area contributed by atoms with Crippen molar-refractivity contribution in [3.63, 3.8) is 0 Å². The van der Waals surface area contributed by atoms with E-state index in [9.17, 15) is 4.79 Å². The summed E-state index contributed by atoms with van der Waals surface area (Å²) in [6.45, 7) is 0.668. The van der Waals surface area contributed by atoms with Gasteiger partial charge in [-0.05, 0) is 36.8 Å². The lowest BCUT2D eigenvalue weighted by molar-refractivity contribution is -0.124. The van der Waals surface area contributed by atoms with Gasteiger partial charge in [0.25, 0.3) is 0 Å². The number of carbonyl (C=O) groups is 1. The Hall–Kier alpha value is -0.670. The predicted molar refractivity (Wildman–Crippen MR) is 67.5 cm³/mol. The SMILES string of the molecule is NCC1CCCCC1C(=O)Cc1cccs1. The highest BCUT2D eigenvalue weighted by Gasteiger charge is 2.29. The van der Waals surface area contributed by atoms with Crippen molar-refractivity contribution in [3.8, 4) is 0 Å². The molecular formula is C13H19NOS. The van der Waals surface area contributed by atoms with Gasteiger partial charge in [-0.15, -0.1) is 11.3 Å². The Kier molecular flexibility index (Phi) is 4.13. The van der Waals surface area contributed by atoms with E-state index in [1.807, 2.05) is 17.5 Å². The van der Waals surface area contributed by atoms with Crippen LogP contribution in [0.3, 0.4) is 0 Å². The van der Waals surface area contributed by atoms with Crippen molar-refractivity contribution in [1.29, 1.82) is 0 Å². The molecule has 3 heteroatoms. The molecule has 1 aromatic rings. The second-order valence-corrected chi connectivity index (χ2v) is 5.64. The topological polar surface area (TPSA) is 43.1 Å². The molecule has 1 heterocycles. The molecule has 0 aliphatic heterocycles. The molecule has 1 aliphatic carbocycles. The van der Waals surface area contributed by atoms with Crippen LogP contribution >= 0.6 is 11.3 Å². The number of hydrogen-bond acceptors (Lipinski definition) is 3. The lowest BCUT2D eigenvalue weighted by Gasteiger charge is -2.29. The number of carbonyl (C=O) groups excluding carboxylic acids is 1. The van der Waals surface area contributed by atoms with Gasteiger partial charge in [0.1, 0.15) is 5.78 Å². The fraction of sp³-hybridized carbons (Fsp3) is 0.615. The summed E-state index contributed by atoms with van der Waals surface area (Å²) in [7, 11) is 0. The van der Waals surface area contributed by atoms with E-state index < -0.39 is 0 Å². The van der Waals surface area contributed by atoms with Crippen LogP contribution in [0, 0.1) is 11.8 Å². The second-order valence-electron chi connectivity index (χ2n) is 4.61. The number of Topliss-reactive ketones (excluding diaryl/α,β-unsaturated/α-hetero) is 1. The molecule has 2 atom stereocenters. The monoisotopic (exact) mass is 237 g/mol. The molecule has 2 N–H and O–H groups in total. The molecule has 1 aliphatic rings. The minimum Gasteiger partial charge on any atom is -0.330 e.